The largest absolute Gasteiger partial charge is 0.0958 e. The smallest absolute Gasteiger partial charge is 0.00562 e. The highest BCUT2D eigenvalue weighted by Gasteiger charge is 2.76. The van der Waals surface area contributed by atoms with Gasteiger partial charge < -0.3 is 0 Å². The van der Waals surface area contributed by atoms with E-state index < -0.39 is 0 Å². The van der Waals surface area contributed by atoms with Crippen LogP contribution in [0.5, 0.6) is 0 Å². The summed E-state index contributed by atoms with van der Waals surface area (Å²) in [4.78, 5) is 0. The monoisotopic (exact) mass is 350 g/mol. The summed E-state index contributed by atoms with van der Waals surface area (Å²) in [5.74, 6) is 6.80. The fraction of sp³-hybridized carbons (Fsp3) is 0.769. The molecular formula is C26H38. The Hall–Kier alpha value is -0.780. The maximum absolute atomic E-state index is 4.27. The summed E-state index contributed by atoms with van der Waals surface area (Å²) in [6.07, 6.45) is 17.3. The van der Waals surface area contributed by atoms with Crippen molar-refractivity contribution in [2.24, 2.45) is 52.3 Å². The van der Waals surface area contributed by atoms with E-state index in [1.54, 1.807) is 5.57 Å². The van der Waals surface area contributed by atoms with Crippen LogP contribution >= 0.6 is 0 Å². The van der Waals surface area contributed by atoms with Crippen molar-refractivity contribution in [2.75, 3.05) is 0 Å². The third-order valence-corrected chi connectivity index (χ3v) is 10.2. The predicted octanol–water partition coefficient (Wildman–Crippen LogP) is 7.19. The Kier molecular flexibility index (Phi) is 3.74. The lowest BCUT2D eigenvalue weighted by Crippen LogP contribution is -2.51. The molecule has 0 aromatic heterocycles. The second-order valence-electron chi connectivity index (χ2n) is 10.9. The van der Waals surface area contributed by atoms with Gasteiger partial charge in [-0.2, -0.15) is 0 Å². The molecule has 142 valence electrons. The molecule has 0 saturated heterocycles. The normalized spacial score (nSPS) is 55.0. The molecular weight excluding hydrogens is 312 g/mol. The molecule has 4 fully saturated rings. The number of hydrogen-bond acceptors (Lipinski definition) is 0. The first-order valence-corrected chi connectivity index (χ1v) is 11.5. The number of allylic oxidation sites excluding steroid dienone is 5. The van der Waals surface area contributed by atoms with Crippen molar-refractivity contribution in [2.45, 2.75) is 72.6 Å². The zero-order valence-electron chi connectivity index (χ0n) is 17.4. The molecule has 9 unspecified atom stereocenters. The average molecular weight is 351 g/mol. The zero-order valence-corrected chi connectivity index (χ0v) is 17.4. The van der Waals surface area contributed by atoms with Gasteiger partial charge in [-0.1, -0.05) is 63.6 Å². The van der Waals surface area contributed by atoms with Gasteiger partial charge in [0.1, 0.15) is 0 Å². The number of hydrogen-bond donors (Lipinski definition) is 0. The molecule has 0 spiro atoms. The van der Waals surface area contributed by atoms with E-state index in [1.165, 1.54) is 50.5 Å². The lowest BCUT2D eigenvalue weighted by atomic mass is 9.46. The first kappa shape index (κ1) is 17.3. The van der Waals surface area contributed by atoms with Crippen LogP contribution in [0.3, 0.4) is 0 Å². The number of fused-ring (bicyclic) bond motifs is 7. The molecule has 0 aromatic rings. The minimum Gasteiger partial charge on any atom is -0.0958 e. The van der Waals surface area contributed by atoms with Crippen LogP contribution < -0.4 is 0 Å². The molecule has 4 saturated carbocycles. The van der Waals surface area contributed by atoms with Crippen LogP contribution in [0, 0.1) is 52.3 Å². The van der Waals surface area contributed by atoms with Crippen molar-refractivity contribution in [3.63, 3.8) is 0 Å². The molecule has 0 heterocycles. The minimum atomic E-state index is 0.444. The molecule has 5 aliphatic rings. The third kappa shape index (κ3) is 2.03. The Bertz CT molecular complexity index is 680. The van der Waals surface area contributed by atoms with Gasteiger partial charge in [-0.15, -0.1) is 0 Å². The second-order valence-corrected chi connectivity index (χ2v) is 10.9. The summed E-state index contributed by atoms with van der Waals surface area (Å²) in [5, 5.41) is 0. The van der Waals surface area contributed by atoms with E-state index in [9.17, 15) is 0 Å². The van der Waals surface area contributed by atoms with Gasteiger partial charge in [-0.3, -0.25) is 0 Å². The van der Waals surface area contributed by atoms with E-state index in [-0.39, 0.29) is 0 Å². The molecule has 0 heteroatoms. The van der Waals surface area contributed by atoms with Gasteiger partial charge in [-0.25, -0.2) is 0 Å². The zero-order chi connectivity index (χ0) is 18.3. The maximum Gasteiger partial charge on any atom is -0.00562 e. The Morgan fingerprint density at radius 3 is 2.69 bits per heavy atom. The van der Waals surface area contributed by atoms with Crippen molar-refractivity contribution in [3.05, 3.63) is 36.0 Å². The van der Waals surface area contributed by atoms with Gasteiger partial charge in [0.05, 0.1) is 0 Å². The van der Waals surface area contributed by atoms with E-state index >= 15 is 0 Å². The molecule has 0 bridgehead atoms. The molecule has 5 aliphatic carbocycles. The van der Waals surface area contributed by atoms with Gasteiger partial charge in [0.15, 0.2) is 0 Å². The van der Waals surface area contributed by atoms with E-state index in [1.807, 2.05) is 0 Å². The average Bonchev–Trinajstić information content (AvgIpc) is 3.23. The molecule has 0 amide bonds. The summed E-state index contributed by atoms with van der Waals surface area (Å²) in [6, 6.07) is 0. The first-order valence-electron chi connectivity index (χ1n) is 11.5. The standard InChI is InChI=1S/C26H38/c1-6-7-13-25(4)23-17(3)22(23)24-21-11-9-18-15-16(2)8-10-19(18)20(21)12-14-26(24,25)5/h7,13,15,17,19-24H,2,6,8-12,14H2,1,3-5H3/b13-7-. The summed E-state index contributed by atoms with van der Waals surface area (Å²) in [5.41, 5.74) is 4.16. The van der Waals surface area contributed by atoms with Crippen molar-refractivity contribution in [1.29, 1.82) is 0 Å². The molecule has 26 heavy (non-hydrogen) atoms. The van der Waals surface area contributed by atoms with Crippen LogP contribution in [-0.2, 0) is 0 Å². The number of rotatable bonds is 2. The molecule has 0 nitrogen and oxygen atoms in total. The van der Waals surface area contributed by atoms with Crippen LogP contribution in [-0.4, -0.2) is 0 Å². The van der Waals surface area contributed by atoms with Crippen molar-refractivity contribution < 1.29 is 0 Å². The fourth-order valence-corrected chi connectivity index (χ4v) is 8.90. The second kappa shape index (κ2) is 5.62. The predicted molar refractivity (Wildman–Crippen MR) is 111 cm³/mol. The topological polar surface area (TPSA) is 0 Å². The molecule has 0 radical (unpaired) electrons. The highest BCUT2D eigenvalue weighted by molar-refractivity contribution is 5.33. The highest BCUT2D eigenvalue weighted by atomic mass is 14.8. The Balaban J connectivity index is 1.51. The van der Waals surface area contributed by atoms with Gasteiger partial charge in [-0.05, 0) is 97.2 Å². The molecule has 0 aromatic carbocycles. The van der Waals surface area contributed by atoms with Gasteiger partial charge in [0, 0.05) is 0 Å². The Morgan fingerprint density at radius 1 is 1.12 bits per heavy atom. The van der Waals surface area contributed by atoms with Crippen LogP contribution in [0.15, 0.2) is 36.0 Å². The minimum absolute atomic E-state index is 0.444. The van der Waals surface area contributed by atoms with Crippen molar-refractivity contribution in [1.82, 2.24) is 0 Å². The van der Waals surface area contributed by atoms with Crippen LogP contribution in [0.2, 0.25) is 0 Å². The lowest BCUT2D eigenvalue weighted by Gasteiger charge is -2.58. The SMILES string of the molecule is C=C1C=C2CCC3C(CCC4(C)C3C3C(C)C3C4(C)/C=C\CC)C2CC1. The van der Waals surface area contributed by atoms with E-state index in [2.05, 4.69) is 52.5 Å². The fourth-order valence-electron chi connectivity index (χ4n) is 8.90. The summed E-state index contributed by atoms with van der Waals surface area (Å²) < 4.78 is 0. The molecule has 0 aliphatic heterocycles. The Labute approximate surface area is 161 Å². The van der Waals surface area contributed by atoms with Crippen LogP contribution in [0.1, 0.15) is 72.6 Å². The van der Waals surface area contributed by atoms with Crippen molar-refractivity contribution in [3.8, 4) is 0 Å². The van der Waals surface area contributed by atoms with Gasteiger partial charge in [0.25, 0.3) is 0 Å². The maximum atomic E-state index is 4.27. The molecule has 0 N–H and O–H groups in total. The van der Waals surface area contributed by atoms with Crippen molar-refractivity contribution >= 4 is 0 Å². The first-order chi connectivity index (χ1) is 12.4. The lowest BCUT2D eigenvalue weighted by molar-refractivity contribution is -0.0641. The van der Waals surface area contributed by atoms with Gasteiger partial charge >= 0.3 is 0 Å². The molecule has 9 atom stereocenters. The van der Waals surface area contributed by atoms with E-state index in [0.717, 1.165) is 41.4 Å². The quantitative estimate of drug-likeness (QED) is 0.462. The van der Waals surface area contributed by atoms with Gasteiger partial charge in [0.2, 0.25) is 0 Å². The summed E-state index contributed by atoms with van der Waals surface area (Å²) in [7, 11) is 0. The highest BCUT2D eigenvalue weighted by Crippen LogP contribution is 2.81. The molecule has 5 rings (SSSR count). The summed E-state index contributed by atoms with van der Waals surface area (Å²) >= 11 is 0. The summed E-state index contributed by atoms with van der Waals surface area (Å²) in [6.45, 7) is 14.5. The van der Waals surface area contributed by atoms with E-state index in [4.69, 9.17) is 0 Å². The van der Waals surface area contributed by atoms with Crippen LogP contribution in [0.25, 0.3) is 0 Å². The third-order valence-electron chi connectivity index (χ3n) is 10.2. The van der Waals surface area contributed by atoms with Crippen LogP contribution in [0.4, 0.5) is 0 Å². The van der Waals surface area contributed by atoms with E-state index in [0.29, 0.717) is 10.8 Å². The Morgan fingerprint density at radius 2 is 1.92 bits per heavy atom.